The molecule has 0 unspecified atom stereocenters. The molecule has 0 aliphatic heterocycles. The summed E-state index contributed by atoms with van der Waals surface area (Å²) in [5, 5.41) is 12.9. The van der Waals surface area contributed by atoms with Gasteiger partial charge in [-0.15, -0.1) is 0 Å². The van der Waals surface area contributed by atoms with E-state index in [1.165, 1.54) is 10.9 Å². The van der Waals surface area contributed by atoms with Gasteiger partial charge < -0.3 is 5.11 Å². The number of benzene rings is 1. The van der Waals surface area contributed by atoms with Crippen LogP contribution in [-0.2, 0) is 13.2 Å². The number of hydrogen-bond acceptors (Lipinski definition) is 2. The second kappa shape index (κ2) is 5.58. The number of nitrogens with zero attached hydrogens (tertiary/aromatic N) is 2. The Bertz CT molecular complexity index is 525. The number of aliphatic hydroxyl groups excluding tert-OH is 1. The van der Waals surface area contributed by atoms with E-state index in [4.69, 9.17) is 5.11 Å². The third-order valence-electron chi connectivity index (χ3n) is 2.58. The van der Waals surface area contributed by atoms with Crippen molar-refractivity contribution in [2.75, 3.05) is 0 Å². The van der Waals surface area contributed by atoms with Crippen LogP contribution < -0.4 is 0 Å². The van der Waals surface area contributed by atoms with Crippen molar-refractivity contribution in [3.05, 3.63) is 51.8 Å². The van der Waals surface area contributed by atoms with Gasteiger partial charge in [-0.25, -0.2) is 8.78 Å². The van der Waals surface area contributed by atoms with Crippen LogP contribution in [0.5, 0.6) is 0 Å². The summed E-state index contributed by atoms with van der Waals surface area (Å²) >= 11 is 3.31. The molecule has 18 heavy (non-hydrogen) atoms. The zero-order chi connectivity index (χ0) is 13.1. The second-order valence-corrected chi connectivity index (χ2v) is 4.71. The van der Waals surface area contributed by atoms with Crippen molar-refractivity contribution < 1.29 is 13.9 Å². The van der Waals surface area contributed by atoms with Crippen molar-refractivity contribution >= 4 is 15.9 Å². The van der Waals surface area contributed by atoms with Crippen LogP contribution in [-0.4, -0.2) is 14.9 Å². The monoisotopic (exact) mass is 316 g/mol. The van der Waals surface area contributed by atoms with E-state index in [0.717, 1.165) is 10.0 Å². The maximum absolute atomic E-state index is 12.9. The summed E-state index contributed by atoms with van der Waals surface area (Å²) in [5.74, 6) is 0. The maximum atomic E-state index is 12.9. The van der Waals surface area contributed by atoms with Crippen LogP contribution in [0.4, 0.5) is 8.78 Å². The number of alkyl halides is 2. The summed E-state index contributed by atoms with van der Waals surface area (Å²) in [6.45, 7) is -0.174. The fraction of sp³-hybridized carbons (Fsp3) is 0.250. The van der Waals surface area contributed by atoms with Crippen LogP contribution in [0.2, 0.25) is 0 Å². The summed E-state index contributed by atoms with van der Waals surface area (Å²) in [7, 11) is 0. The van der Waals surface area contributed by atoms with Gasteiger partial charge in [0.25, 0.3) is 6.43 Å². The van der Waals surface area contributed by atoms with Gasteiger partial charge in [0.2, 0.25) is 0 Å². The lowest BCUT2D eigenvalue weighted by molar-refractivity contribution is 0.135. The van der Waals surface area contributed by atoms with Crippen molar-refractivity contribution in [2.45, 2.75) is 19.6 Å². The summed E-state index contributed by atoms with van der Waals surface area (Å²) in [4.78, 5) is 0. The first-order chi connectivity index (χ1) is 8.61. The van der Waals surface area contributed by atoms with Crippen molar-refractivity contribution in [1.29, 1.82) is 0 Å². The van der Waals surface area contributed by atoms with Crippen LogP contribution in [0.25, 0.3) is 0 Å². The van der Waals surface area contributed by atoms with Crippen LogP contribution in [0.3, 0.4) is 0 Å². The molecule has 1 aromatic heterocycles. The van der Waals surface area contributed by atoms with Gasteiger partial charge in [-0.2, -0.15) is 5.10 Å². The minimum atomic E-state index is -2.65. The fourth-order valence-corrected chi connectivity index (χ4v) is 1.96. The van der Waals surface area contributed by atoms with Gasteiger partial charge in [0.15, 0.2) is 0 Å². The molecule has 2 aromatic rings. The second-order valence-electron chi connectivity index (χ2n) is 3.80. The number of rotatable bonds is 4. The van der Waals surface area contributed by atoms with Gasteiger partial charge in [-0.3, -0.25) is 4.68 Å². The minimum absolute atomic E-state index is 0.169. The van der Waals surface area contributed by atoms with Crippen molar-refractivity contribution in [2.24, 2.45) is 0 Å². The van der Waals surface area contributed by atoms with Gasteiger partial charge in [-0.1, -0.05) is 28.1 Å². The van der Waals surface area contributed by atoms with Crippen molar-refractivity contribution in [1.82, 2.24) is 9.78 Å². The zero-order valence-corrected chi connectivity index (χ0v) is 10.9. The van der Waals surface area contributed by atoms with E-state index in [0.29, 0.717) is 0 Å². The molecule has 2 rings (SSSR count). The molecule has 0 atom stereocenters. The van der Waals surface area contributed by atoms with Gasteiger partial charge in [0.05, 0.1) is 19.3 Å². The molecule has 0 aliphatic rings. The summed E-state index contributed by atoms with van der Waals surface area (Å²) in [6.07, 6.45) is -1.37. The Balaban J connectivity index is 2.28. The van der Waals surface area contributed by atoms with Gasteiger partial charge in [-0.05, 0) is 17.7 Å². The molecule has 0 radical (unpaired) electrons. The molecular weight excluding hydrogens is 306 g/mol. The molecule has 0 spiro atoms. The smallest absolute Gasteiger partial charge is 0.280 e. The lowest BCUT2D eigenvalue weighted by Gasteiger charge is -2.08. The molecule has 1 aromatic carbocycles. The van der Waals surface area contributed by atoms with Gasteiger partial charge in [0.1, 0.15) is 5.69 Å². The number of aliphatic hydroxyl groups is 1. The van der Waals surface area contributed by atoms with Crippen LogP contribution in [0, 0.1) is 0 Å². The van der Waals surface area contributed by atoms with E-state index >= 15 is 0 Å². The average molecular weight is 317 g/mol. The summed E-state index contributed by atoms with van der Waals surface area (Å²) in [5.41, 5.74) is 0.815. The molecule has 0 bridgehead atoms. The Morgan fingerprint density at radius 3 is 2.50 bits per heavy atom. The largest absolute Gasteiger partial charge is 0.392 e. The van der Waals surface area contributed by atoms with E-state index in [1.54, 1.807) is 0 Å². The van der Waals surface area contributed by atoms with Gasteiger partial charge >= 0.3 is 0 Å². The highest BCUT2D eigenvalue weighted by Gasteiger charge is 2.19. The number of hydrogen-bond donors (Lipinski definition) is 1. The summed E-state index contributed by atoms with van der Waals surface area (Å²) < 4.78 is 27.9. The predicted molar refractivity (Wildman–Crippen MR) is 66.4 cm³/mol. The first-order valence-electron chi connectivity index (χ1n) is 5.30. The Kier molecular flexibility index (Phi) is 4.08. The summed E-state index contributed by atoms with van der Waals surface area (Å²) in [6, 6.07) is 7.35. The highest BCUT2D eigenvalue weighted by molar-refractivity contribution is 9.10. The zero-order valence-electron chi connectivity index (χ0n) is 9.35. The third-order valence-corrected chi connectivity index (χ3v) is 3.11. The lowest BCUT2D eigenvalue weighted by atomic mass is 10.2. The van der Waals surface area contributed by atoms with E-state index in [-0.39, 0.29) is 17.8 Å². The van der Waals surface area contributed by atoms with E-state index in [2.05, 4.69) is 21.0 Å². The Morgan fingerprint density at radius 1 is 1.28 bits per heavy atom. The molecular formula is C12H11BrF2N2O. The molecule has 96 valence electrons. The molecule has 6 heteroatoms. The van der Waals surface area contributed by atoms with Crippen LogP contribution >= 0.6 is 15.9 Å². The molecule has 0 amide bonds. The highest BCUT2D eigenvalue weighted by Crippen LogP contribution is 2.24. The van der Waals surface area contributed by atoms with Crippen LogP contribution in [0.15, 0.2) is 34.9 Å². The van der Waals surface area contributed by atoms with E-state index in [1.807, 2.05) is 24.3 Å². The first-order valence-corrected chi connectivity index (χ1v) is 6.09. The van der Waals surface area contributed by atoms with Crippen LogP contribution in [0.1, 0.15) is 23.2 Å². The molecule has 0 fully saturated rings. The Morgan fingerprint density at radius 2 is 1.94 bits per heavy atom. The van der Waals surface area contributed by atoms with Crippen molar-refractivity contribution in [3.63, 3.8) is 0 Å². The SMILES string of the molecule is OCc1cnn(Cc2ccc(Br)cc2)c1C(F)F. The number of aromatic nitrogens is 2. The molecule has 0 saturated carbocycles. The minimum Gasteiger partial charge on any atom is -0.392 e. The standard InChI is InChI=1S/C12H11BrF2N2O/c13-10-3-1-8(2-4-10)6-17-11(12(14)15)9(7-18)5-16-17/h1-5,12,18H,6-7H2. The average Bonchev–Trinajstić information content (AvgIpc) is 2.75. The van der Waals surface area contributed by atoms with Crippen molar-refractivity contribution in [3.8, 4) is 0 Å². The molecule has 3 nitrogen and oxygen atoms in total. The first kappa shape index (κ1) is 13.2. The Hall–Kier alpha value is -1.27. The lowest BCUT2D eigenvalue weighted by Crippen LogP contribution is -2.08. The normalized spacial score (nSPS) is 11.2. The molecule has 0 saturated heterocycles. The topological polar surface area (TPSA) is 38.1 Å². The van der Waals surface area contributed by atoms with Gasteiger partial charge in [0, 0.05) is 10.0 Å². The number of halogens is 3. The molecule has 1 N–H and O–H groups in total. The van der Waals surface area contributed by atoms with E-state index < -0.39 is 13.0 Å². The quantitative estimate of drug-likeness (QED) is 0.941. The highest BCUT2D eigenvalue weighted by atomic mass is 79.9. The van der Waals surface area contributed by atoms with E-state index in [9.17, 15) is 8.78 Å². The Labute approximate surface area is 111 Å². The molecule has 0 aliphatic carbocycles. The maximum Gasteiger partial charge on any atom is 0.280 e. The fourth-order valence-electron chi connectivity index (χ4n) is 1.70. The third kappa shape index (κ3) is 2.76. The predicted octanol–water partition coefficient (Wildman–Crippen LogP) is 3.12. The molecule has 1 heterocycles.